The zero-order valence-electron chi connectivity index (χ0n) is 11.7. The fourth-order valence-corrected chi connectivity index (χ4v) is 2.23. The van der Waals surface area contributed by atoms with E-state index in [0.29, 0.717) is 16.4 Å². The first-order valence-corrected chi connectivity index (χ1v) is 6.89. The van der Waals surface area contributed by atoms with Gasteiger partial charge in [0, 0.05) is 0 Å². The Kier molecular flexibility index (Phi) is 3.53. The van der Waals surface area contributed by atoms with Crippen LogP contribution in [0.2, 0.25) is 0 Å². The maximum atomic E-state index is 5.34. The van der Waals surface area contributed by atoms with E-state index >= 15 is 0 Å². The Hall–Kier alpha value is -2.47. The minimum atomic E-state index is 0.419. The molecule has 0 atom stereocenters. The van der Waals surface area contributed by atoms with Crippen molar-refractivity contribution in [3.8, 4) is 11.6 Å². The van der Waals surface area contributed by atoms with Gasteiger partial charge in [0.25, 0.3) is 0 Å². The lowest BCUT2D eigenvalue weighted by Crippen LogP contribution is -1.95. The summed E-state index contributed by atoms with van der Waals surface area (Å²) in [6.07, 6.45) is 3.36. The average molecular weight is 298 g/mol. The van der Waals surface area contributed by atoms with Crippen LogP contribution < -0.4 is 0 Å². The topological polar surface area (TPSA) is 59.1 Å². The average Bonchev–Trinajstić information content (AvgIpc) is 3.08. The minimum Gasteiger partial charge on any atom is -0.461 e. The second kappa shape index (κ2) is 5.49. The van der Waals surface area contributed by atoms with Gasteiger partial charge in [0.15, 0.2) is 5.76 Å². The third-order valence-electron chi connectivity index (χ3n) is 3.13. The maximum absolute atomic E-state index is 5.34. The number of nitrogens with one attached hydrogen (secondary N) is 1. The Morgan fingerprint density at radius 3 is 2.90 bits per heavy atom. The smallest absolute Gasteiger partial charge is 0.219 e. The molecule has 5 nitrogen and oxygen atoms in total. The SMILES string of the molecule is Cc1ccc(/C=N\n2c(-c3ccco3)n[nH]c2=S)c(C)c1. The molecule has 0 aliphatic heterocycles. The van der Waals surface area contributed by atoms with Crippen LogP contribution in [-0.4, -0.2) is 21.1 Å². The largest absolute Gasteiger partial charge is 0.461 e. The van der Waals surface area contributed by atoms with Gasteiger partial charge in [-0.15, -0.1) is 5.10 Å². The van der Waals surface area contributed by atoms with Gasteiger partial charge in [0.2, 0.25) is 10.6 Å². The number of furan rings is 1. The van der Waals surface area contributed by atoms with Crippen molar-refractivity contribution in [2.75, 3.05) is 0 Å². The standard InChI is InChI=1S/C15H14N4OS/c1-10-5-6-12(11(2)8-10)9-16-19-14(17-18-15(19)21)13-4-3-7-20-13/h3-9H,1-2H3,(H,18,21)/b16-9-. The molecule has 1 aromatic carbocycles. The molecule has 3 aromatic rings. The number of rotatable bonds is 3. The van der Waals surface area contributed by atoms with Gasteiger partial charge in [-0.2, -0.15) is 9.78 Å². The summed E-state index contributed by atoms with van der Waals surface area (Å²) in [5.74, 6) is 1.16. The molecule has 2 aromatic heterocycles. The highest BCUT2D eigenvalue weighted by atomic mass is 32.1. The molecule has 0 spiro atoms. The molecule has 0 fully saturated rings. The second-order valence-electron chi connectivity index (χ2n) is 4.75. The van der Waals surface area contributed by atoms with Crippen LogP contribution in [0.25, 0.3) is 11.6 Å². The Morgan fingerprint density at radius 2 is 2.19 bits per heavy atom. The van der Waals surface area contributed by atoms with Gasteiger partial charge in [-0.25, -0.2) is 5.10 Å². The number of nitrogens with zero attached hydrogens (tertiary/aromatic N) is 3. The number of aromatic nitrogens is 3. The molecule has 3 rings (SSSR count). The van der Waals surface area contributed by atoms with Gasteiger partial charge >= 0.3 is 0 Å². The number of hydrogen-bond acceptors (Lipinski definition) is 4. The third-order valence-corrected chi connectivity index (χ3v) is 3.39. The fraction of sp³-hybridized carbons (Fsp3) is 0.133. The lowest BCUT2D eigenvalue weighted by molar-refractivity contribution is 0.573. The van der Waals surface area contributed by atoms with E-state index in [1.54, 1.807) is 23.2 Å². The van der Waals surface area contributed by atoms with Crippen molar-refractivity contribution >= 4 is 18.4 Å². The van der Waals surface area contributed by atoms with Crippen molar-refractivity contribution in [1.29, 1.82) is 0 Å². The van der Waals surface area contributed by atoms with E-state index < -0.39 is 0 Å². The zero-order chi connectivity index (χ0) is 14.8. The fourth-order valence-electron chi connectivity index (χ4n) is 2.05. The van der Waals surface area contributed by atoms with Gasteiger partial charge in [-0.05, 0) is 49.3 Å². The molecular weight excluding hydrogens is 284 g/mol. The molecule has 0 amide bonds. The first kappa shape index (κ1) is 13.5. The third kappa shape index (κ3) is 2.71. The van der Waals surface area contributed by atoms with E-state index in [2.05, 4.69) is 41.3 Å². The summed E-state index contributed by atoms with van der Waals surface area (Å²) in [6.45, 7) is 4.12. The van der Waals surface area contributed by atoms with Gasteiger partial charge in [-0.3, -0.25) is 0 Å². The molecule has 6 heteroatoms. The summed E-state index contributed by atoms with van der Waals surface area (Å²) in [6, 6.07) is 9.81. The van der Waals surface area contributed by atoms with E-state index in [4.69, 9.17) is 16.6 Å². The van der Waals surface area contributed by atoms with E-state index in [9.17, 15) is 0 Å². The zero-order valence-corrected chi connectivity index (χ0v) is 12.5. The van der Waals surface area contributed by atoms with Crippen LogP contribution in [0.4, 0.5) is 0 Å². The summed E-state index contributed by atoms with van der Waals surface area (Å²) >= 11 is 5.21. The van der Waals surface area contributed by atoms with E-state index in [-0.39, 0.29) is 0 Å². The van der Waals surface area contributed by atoms with Crippen molar-refractivity contribution in [2.45, 2.75) is 13.8 Å². The lowest BCUT2D eigenvalue weighted by Gasteiger charge is -2.01. The van der Waals surface area contributed by atoms with Crippen LogP contribution in [0, 0.1) is 18.6 Å². The quantitative estimate of drug-likeness (QED) is 0.592. The summed E-state index contributed by atoms with van der Waals surface area (Å²) < 4.78 is 7.31. The summed E-state index contributed by atoms with van der Waals surface area (Å²) in [4.78, 5) is 0. The molecule has 0 saturated carbocycles. The van der Waals surface area contributed by atoms with Crippen molar-refractivity contribution in [1.82, 2.24) is 14.9 Å². The van der Waals surface area contributed by atoms with Gasteiger partial charge in [-0.1, -0.05) is 23.8 Å². The Balaban J connectivity index is 2.00. The molecule has 2 heterocycles. The molecule has 0 aliphatic carbocycles. The highest BCUT2D eigenvalue weighted by molar-refractivity contribution is 7.71. The van der Waals surface area contributed by atoms with Gasteiger partial charge in [0.1, 0.15) is 0 Å². The normalized spacial score (nSPS) is 11.3. The Labute approximate surface area is 126 Å². The second-order valence-corrected chi connectivity index (χ2v) is 5.13. The molecule has 21 heavy (non-hydrogen) atoms. The van der Waals surface area contributed by atoms with Crippen LogP contribution in [0.15, 0.2) is 46.1 Å². The molecule has 0 saturated heterocycles. The Bertz CT molecular complexity index is 843. The van der Waals surface area contributed by atoms with E-state index in [1.165, 1.54) is 5.56 Å². The van der Waals surface area contributed by atoms with Crippen molar-refractivity contribution in [3.63, 3.8) is 0 Å². The van der Waals surface area contributed by atoms with Crippen molar-refractivity contribution in [2.24, 2.45) is 5.10 Å². The summed E-state index contributed by atoms with van der Waals surface area (Å²) in [5.41, 5.74) is 3.42. The number of H-pyrrole nitrogens is 1. The van der Waals surface area contributed by atoms with Gasteiger partial charge < -0.3 is 4.42 Å². The summed E-state index contributed by atoms with van der Waals surface area (Å²) in [5, 5.41) is 11.3. The molecule has 0 radical (unpaired) electrons. The number of benzene rings is 1. The number of aromatic amines is 1. The molecule has 1 N–H and O–H groups in total. The lowest BCUT2D eigenvalue weighted by atomic mass is 10.1. The predicted molar refractivity (Wildman–Crippen MR) is 84.0 cm³/mol. The molecular formula is C15H14N4OS. The minimum absolute atomic E-state index is 0.419. The van der Waals surface area contributed by atoms with Crippen LogP contribution in [0.1, 0.15) is 16.7 Å². The van der Waals surface area contributed by atoms with Gasteiger partial charge in [0.05, 0.1) is 12.5 Å². The van der Waals surface area contributed by atoms with Crippen LogP contribution in [0.5, 0.6) is 0 Å². The maximum Gasteiger partial charge on any atom is 0.219 e. The van der Waals surface area contributed by atoms with E-state index in [1.807, 2.05) is 12.1 Å². The first-order chi connectivity index (χ1) is 10.1. The molecule has 0 unspecified atom stereocenters. The predicted octanol–water partition coefficient (Wildman–Crippen LogP) is 3.70. The molecule has 106 valence electrons. The molecule has 0 aliphatic rings. The number of hydrogen-bond donors (Lipinski definition) is 1. The van der Waals surface area contributed by atoms with Crippen molar-refractivity contribution < 1.29 is 4.42 Å². The monoisotopic (exact) mass is 298 g/mol. The Morgan fingerprint density at radius 1 is 1.33 bits per heavy atom. The highest BCUT2D eigenvalue weighted by Gasteiger charge is 2.10. The first-order valence-electron chi connectivity index (χ1n) is 6.48. The number of aryl methyl sites for hydroxylation is 2. The highest BCUT2D eigenvalue weighted by Crippen LogP contribution is 2.17. The van der Waals surface area contributed by atoms with Crippen molar-refractivity contribution in [3.05, 3.63) is 58.1 Å². The summed E-state index contributed by atoms with van der Waals surface area (Å²) in [7, 11) is 0. The van der Waals surface area contributed by atoms with E-state index in [0.717, 1.165) is 11.1 Å². The molecule has 0 bridgehead atoms. The van der Waals surface area contributed by atoms with Crippen LogP contribution >= 0.6 is 12.2 Å². The van der Waals surface area contributed by atoms with Crippen LogP contribution in [0.3, 0.4) is 0 Å². The van der Waals surface area contributed by atoms with Crippen LogP contribution in [-0.2, 0) is 0 Å².